The van der Waals surface area contributed by atoms with Gasteiger partial charge in [-0.1, -0.05) is 32.0 Å². The molecule has 2 amide bonds. The second kappa shape index (κ2) is 8.42. The highest BCUT2D eigenvalue weighted by atomic mass is 16.3. The smallest absolute Gasteiger partial charge is 0.326 e. The molecule has 0 N–H and O–H groups in total. The summed E-state index contributed by atoms with van der Waals surface area (Å²) in [5, 5.41) is 18.1. The van der Waals surface area contributed by atoms with Crippen LogP contribution in [-0.4, -0.2) is 33.0 Å². The molecule has 0 aliphatic carbocycles. The maximum absolute atomic E-state index is 13.5. The zero-order valence-corrected chi connectivity index (χ0v) is 18.8. The number of para-hydroxylation sites is 1. The highest BCUT2D eigenvalue weighted by Crippen LogP contribution is 2.37. The number of aryl methyl sites for hydroxylation is 3. The molecule has 0 radical (unpaired) electrons. The molecule has 1 aliphatic heterocycles. The zero-order valence-electron chi connectivity index (χ0n) is 18.8. The average Bonchev–Trinajstić information content (AvgIpc) is 3.22. The van der Waals surface area contributed by atoms with Crippen molar-refractivity contribution in [3.8, 4) is 11.6 Å². The predicted octanol–water partition coefficient (Wildman–Crippen LogP) is 2.56. The second-order valence-corrected chi connectivity index (χ2v) is 8.01. The van der Waals surface area contributed by atoms with Crippen LogP contribution in [0.5, 0.6) is 5.88 Å². The molecular weight excluding hydrogens is 404 g/mol. The molecule has 1 aromatic carbocycles. The number of aromatic nitrogens is 3. The SMILES string of the molecule is CCCN1C(=O)C(c2c(CC)nn(-c3ccccc3)c2[O-])=C([n+]2cc(C)cc(C)c2)C1=O. The van der Waals surface area contributed by atoms with E-state index in [0.29, 0.717) is 30.8 Å². The number of imide groups is 1. The van der Waals surface area contributed by atoms with Crippen LogP contribution in [0.3, 0.4) is 0 Å². The Morgan fingerprint density at radius 1 is 1.00 bits per heavy atom. The normalized spacial score (nSPS) is 14.1. The second-order valence-electron chi connectivity index (χ2n) is 8.01. The van der Waals surface area contributed by atoms with Gasteiger partial charge in [-0.2, -0.15) is 9.67 Å². The molecule has 0 saturated heterocycles. The van der Waals surface area contributed by atoms with Gasteiger partial charge in [0.05, 0.1) is 11.4 Å². The van der Waals surface area contributed by atoms with Crippen LogP contribution >= 0.6 is 0 Å². The molecule has 1 aliphatic rings. The van der Waals surface area contributed by atoms with E-state index in [1.165, 1.54) is 9.58 Å². The van der Waals surface area contributed by atoms with Crippen molar-refractivity contribution >= 4 is 23.1 Å². The molecule has 164 valence electrons. The van der Waals surface area contributed by atoms with Gasteiger partial charge in [-0.25, -0.2) is 4.68 Å². The van der Waals surface area contributed by atoms with Gasteiger partial charge in [0.2, 0.25) is 0 Å². The number of amides is 2. The maximum Gasteiger partial charge on any atom is 0.326 e. The van der Waals surface area contributed by atoms with Crippen molar-refractivity contribution in [2.45, 2.75) is 40.5 Å². The molecule has 7 heteroatoms. The number of hydrogen-bond donors (Lipinski definition) is 0. The van der Waals surface area contributed by atoms with Crippen molar-refractivity contribution in [1.29, 1.82) is 0 Å². The number of rotatable bonds is 6. The largest absolute Gasteiger partial charge is 0.858 e. The number of carbonyl (C=O) groups is 2. The number of nitrogens with zero attached hydrogens (tertiary/aromatic N) is 4. The summed E-state index contributed by atoms with van der Waals surface area (Å²) in [7, 11) is 0. The van der Waals surface area contributed by atoms with Gasteiger partial charge in [0.1, 0.15) is 5.57 Å². The van der Waals surface area contributed by atoms with E-state index in [1.807, 2.05) is 52.0 Å². The Kier molecular flexibility index (Phi) is 5.65. The first kappa shape index (κ1) is 21.5. The summed E-state index contributed by atoms with van der Waals surface area (Å²) in [5.41, 5.74) is 3.54. The van der Waals surface area contributed by atoms with Gasteiger partial charge >= 0.3 is 5.91 Å². The van der Waals surface area contributed by atoms with Gasteiger partial charge < -0.3 is 5.11 Å². The highest BCUT2D eigenvalue weighted by molar-refractivity contribution is 6.44. The first-order chi connectivity index (χ1) is 15.4. The van der Waals surface area contributed by atoms with E-state index in [9.17, 15) is 14.7 Å². The van der Waals surface area contributed by atoms with Crippen LogP contribution in [0, 0.1) is 13.8 Å². The van der Waals surface area contributed by atoms with Gasteiger partial charge in [0.25, 0.3) is 11.6 Å². The van der Waals surface area contributed by atoms with E-state index in [-0.39, 0.29) is 16.8 Å². The summed E-state index contributed by atoms with van der Waals surface area (Å²) in [6, 6.07) is 11.1. The molecule has 0 fully saturated rings. The fourth-order valence-corrected chi connectivity index (χ4v) is 4.18. The Labute approximate surface area is 187 Å². The first-order valence-electron chi connectivity index (χ1n) is 10.8. The number of carbonyl (C=O) groups excluding carboxylic acids is 2. The van der Waals surface area contributed by atoms with Crippen molar-refractivity contribution in [2.24, 2.45) is 0 Å². The molecule has 3 aromatic rings. The van der Waals surface area contributed by atoms with Gasteiger partial charge in [0, 0.05) is 23.2 Å². The lowest BCUT2D eigenvalue weighted by atomic mass is 10.0. The van der Waals surface area contributed by atoms with Crippen molar-refractivity contribution < 1.29 is 19.3 Å². The highest BCUT2D eigenvalue weighted by Gasteiger charge is 2.46. The Morgan fingerprint density at radius 2 is 1.66 bits per heavy atom. The molecule has 2 aromatic heterocycles. The Bertz CT molecular complexity index is 1220. The minimum Gasteiger partial charge on any atom is -0.858 e. The van der Waals surface area contributed by atoms with E-state index in [1.54, 1.807) is 29.1 Å². The van der Waals surface area contributed by atoms with Crippen LogP contribution in [0.4, 0.5) is 0 Å². The minimum atomic E-state index is -0.446. The van der Waals surface area contributed by atoms with Crippen LogP contribution in [0.2, 0.25) is 0 Å². The van der Waals surface area contributed by atoms with E-state index >= 15 is 0 Å². The third-order valence-corrected chi connectivity index (χ3v) is 5.49. The molecule has 0 saturated carbocycles. The molecule has 0 atom stereocenters. The monoisotopic (exact) mass is 430 g/mol. The molecule has 7 nitrogen and oxygen atoms in total. The summed E-state index contributed by atoms with van der Waals surface area (Å²) in [4.78, 5) is 28.1. The van der Waals surface area contributed by atoms with E-state index in [0.717, 1.165) is 11.1 Å². The summed E-state index contributed by atoms with van der Waals surface area (Å²) in [5.74, 6) is -1.24. The van der Waals surface area contributed by atoms with E-state index in [2.05, 4.69) is 5.10 Å². The van der Waals surface area contributed by atoms with Crippen molar-refractivity contribution in [3.05, 3.63) is 71.2 Å². The lowest BCUT2D eigenvalue weighted by molar-refractivity contribution is -0.577. The van der Waals surface area contributed by atoms with Crippen LogP contribution < -0.4 is 9.67 Å². The summed E-state index contributed by atoms with van der Waals surface area (Å²) in [6.45, 7) is 7.94. The van der Waals surface area contributed by atoms with Crippen LogP contribution in [0.15, 0.2) is 48.8 Å². The number of hydrogen-bond acceptors (Lipinski definition) is 4. The zero-order chi connectivity index (χ0) is 23.0. The lowest BCUT2D eigenvalue weighted by Crippen LogP contribution is -2.40. The van der Waals surface area contributed by atoms with Crippen LogP contribution in [0.25, 0.3) is 17.0 Å². The van der Waals surface area contributed by atoms with E-state index < -0.39 is 17.7 Å². The maximum atomic E-state index is 13.5. The first-order valence-corrected chi connectivity index (χ1v) is 10.8. The van der Waals surface area contributed by atoms with Crippen LogP contribution in [0.1, 0.15) is 42.7 Å². The fourth-order valence-electron chi connectivity index (χ4n) is 4.18. The summed E-state index contributed by atoms with van der Waals surface area (Å²) >= 11 is 0. The molecule has 3 heterocycles. The molecule has 4 rings (SSSR count). The summed E-state index contributed by atoms with van der Waals surface area (Å²) < 4.78 is 2.99. The standard InChI is InChI=1S/C25H26N4O3/c1-5-12-28-23(30)21(22(25(28)32)27-14-16(3)13-17(4)15-27)20-19(6-2)26-29(24(20)31)18-10-8-7-9-11-18/h7-11,13-15H,5-6,12H2,1-4H3. The predicted molar refractivity (Wildman–Crippen MR) is 119 cm³/mol. The van der Waals surface area contributed by atoms with Gasteiger partial charge in [0.15, 0.2) is 12.4 Å². The Hall–Kier alpha value is -3.74. The van der Waals surface area contributed by atoms with Crippen molar-refractivity contribution in [2.75, 3.05) is 6.54 Å². The Morgan fingerprint density at radius 3 is 2.25 bits per heavy atom. The Balaban J connectivity index is 2.02. The van der Waals surface area contributed by atoms with Gasteiger partial charge in [-0.05, 0) is 50.8 Å². The molecule has 32 heavy (non-hydrogen) atoms. The van der Waals surface area contributed by atoms with E-state index in [4.69, 9.17) is 0 Å². The average molecular weight is 431 g/mol. The fraction of sp³-hybridized carbons (Fsp3) is 0.280. The molecular formula is C25H26N4O3. The quantitative estimate of drug-likeness (QED) is 0.445. The lowest BCUT2D eigenvalue weighted by Gasteiger charge is -2.14. The number of benzene rings is 1. The third-order valence-electron chi connectivity index (χ3n) is 5.49. The number of pyridine rings is 1. The topological polar surface area (TPSA) is 82.1 Å². The van der Waals surface area contributed by atoms with Crippen molar-refractivity contribution in [1.82, 2.24) is 14.7 Å². The van der Waals surface area contributed by atoms with Crippen LogP contribution in [-0.2, 0) is 16.0 Å². The third kappa shape index (κ3) is 3.49. The van der Waals surface area contributed by atoms with Gasteiger partial charge in [-0.15, -0.1) is 0 Å². The molecule has 0 unspecified atom stereocenters. The van der Waals surface area contributed by atoms with Crippen molar-refractivity contribution in [3.63, 3.8) is 0 Å². The minimum absolute atomic E-state index is 0.127. The summed E-state index contributed by atoms with van der Waals surface area (Å²) in [6.07, 6.45) is 4.69. The molecule has 0 spiro atoms. The molecule has 0 bridgehead atoms. The van der Waals surface area contributed by atoms with Gasteiger partial charge in [-0.3, -0.25) is 14.5 Å².